The van der Waals surface area contributed by atoms with Gasteiger partial charge in [-0.1, -0.05) is 6.07 Å². The lowest BCUT2D eigenvalue weighted by Crippen LogP contribution is -2.26. The van der Waals surface area contributed by atoms with Crippen molar-refractivity contribution in [3.63, 3.8) is 0 Å². The minimum atomic E-state index is -0.738. The number of carbonyl (C=O) groups excluding carboxylic acids is 1. The Labute approximate surface area is 168 Å². The molecule has 7 nitrogen and oxygen atoms in total. The van der Waals surface area contributed by atoms with Crippen LogP contribution in [0.4, 0.5) is 8.78 Å². The number of halogens is 2. The number of methoxy groups -OCH3 is 1. The first-order valence-electron chi connectivity index (χ1n) is 8.54. The Balaban J connectivity index is 1.78. The molecule has 2 N–H and O–H groups in total. The third kappa shape index (κ3) is 4.49. The van der Waals surface area contributed by atoms with Gasteiger partial charge in [0.1, 0.15) is 12.1 Å². The smallest absolute Gasteiger partial charge is 0.346 e. The van der Waals surface area contributed by atoms with Gasteiger partial charge in [-0.05, 0) is 35.4 Å². The van der Waals surface area contributed by atoms with E-state index in [1.165, 1.54) is 41.5 Å². The molecule has 10 heteroatoms. The van der Waals surface area contributed by atoms with Crippen molar-refractivity contribution in [2.75, 3.05) is 13.7 Å². The van der Waals surface area contributed by atoms with Crippen LogP contribution in [-0.2, 0) is 17.8 Å². The van der Waals surface area contributed by atoms with Crippen molar-refractivity contribution in [1.29, 1.82) is 0 Å². The van der Waals surface area contributed by atoms with Crippen LogP contribution in [0, 0.1) is 5.82 Å². The Hall–Kier alpha value is -3.11. The van der Waals surface area contributed by atoms with Crippen LogP contribution in [0.3, 0.4) is 0 Å². The van der Waals surface area contributed by atoms with Gasteiger partial charge in [0.2, 0.25) is 0 Å². The molecule has 0 unspecified atom stereocenters. The van der Waals surface area contributed by atoms with Crippen LogP contribution in [0.5, 0.6) is 0 Å². The number of carbonyl (C=O) groups is 1. The van der Waals surface area contributed by atoms with Crippen LogP contribution in [-0.4, -0.2) is 34.0 Å². The van der Waals surface area contributed by atoms with Gasteiger partial charge < -0.3 is 10.5 Å². The van der Waals surface area contributed by atoms with Crippen molar-refractivity contribution in [2.45, 2.75) is 13.1 Å². The molecular weight excluding hydrogens is 402 g/mol. The Kier molecular flexibility index (Phi) is 6.35. The molecule has 0 bridgehead atoms. The number of thiophene rings is 1. The van der Waals surface area contributed by atoms with E-state index in [-0.39, 0.29) is 36.5 Å². The number of benzene rings is 1. The third-order valence-electron chi connectivity index (χ3n) is 4.21. The average molecular weight is 420 g/mol. The molecule has 0 saturated heterocycles. The molecular formula is C19H18F2N4O3S. The van der Waals surface area contributed by atoms with E-state index < -0.39 is 11.8 Å². The van der Waals surface area contributed by atoms with Gasteiger partial charge in [0, 0.05) is 16.3 Å². The number of ether oxygens (including phenoxy) is 1. The van der Waals surface area contributed by atoms with Crippen LogP contribution in [0.15, 0.2) is 53.4 Å². The van der Waals surface area contributed by atoms with Crippen molar-refractivity contribution in [3.8, 4) is 10.4 Å². The van der Waals surface area contributed by atoms with E-state index in [1.807, 2.05) is 6.07 Å². The second kappa shape index (κ2) is 8.93. The van der Waals surface area contributed by atoms with Gasteiger partial charge in [-0.15, -0.1) is 11.3 Å². The molecule has 0 spiro atoms. The molecule has 1 aromatic carbocycles. The van der Waals surface area contributed by atoms with E-state index in [9.17, 15) is 18.4 Å². The van der Waals surface area contributed by atoms with Crippen LogP contribution in [0.1, 0.15) is 15.2 Å². The highest BCUT2D eigenvalue weighted by Crippen LogP contribution is 2.29. The molecule has 0 atom stereocenters. The van der Waals surface area contributed by atoms with Crippen molar-refractivity contribution >= 4 is 17.3 Å². The molecule has 0 fully saturated rings. The highest BCUT2D eigenvalue weighted by atomic mass is 32.1. The SMILES string of the molecule is COC(=O)c1ccc(-c2ccc(Cn3cnn(CC(=CF)CN)c3=O)s2)cc1F. The second-order valence-electron chi connectivity index (χ2n) is 6.12. The highest BCUT2D eigenvalue weighted by molar-refractivity contribution is 7.15. The number of aromatic nitrogens is 3. The van der Waals surface area contributed by atoms with Crippen LogP contribution in [0.2, 0.25) is 0 Å². The summed E-state index contributed by atoms with van der Waals surface area (Å²) in [6.07, 6.45) is 1.75. The van der Waals surface area contributed by atoms with Gasteiger partial charge >= 0.3 is 11.7 Å². The number of hydrogen-bond donors (Lipinski definition) is 1. The summed E-state index contributed by atoms with van der Waals surface area (Å²) in [7, 11) is 1.19. The molecule has 0 aliphatic heterocycles. The van der Waals surface area contributed by atoms with Crippen molar-refractivity contribution < 1.29 is 18.3 Å². The first kappa shape index (κ1) is 20.6. The highest BCUT2D eigenvalue weighted by Gasteiger charge is 2.14. The quantitative estimate of drug-likeness (QED) is 0.593. The Morgan fingerprint density at radius 2 is 2.14 bits per heavy atom. The fourth-order valence-electron chi connectivity index (χ4n) is 2.65. The summed E-state index contributed by atoms with van der Waals surface area (Å²) in [6.45, 7) is 0.249. The lowest BCUT2D eigenvalue weighted by molar-refractivity contribution is 0.0595. The fourth-order valence-corrected chi connectivity index (χ4v) is 3.66. The average Bonchev–Trinajstić information content (AvgIpc) is 3.33. The number of rotatable bonds is 7. The van der Waals surface area contributed by atoms with E-state index >= 15 is 0 Å². The minimum Gasteiger partial charge on any atom is -0.465 e. The molecule has 0 radical (unpaired) electrons. The summed E-state index contributed by atoms with van der Waals surface area (Å²) >= 11 is 1.38. The van der Waals surface area contributed by atoms with Crippen LogP contribution in [0.25, 0.3) is 10.4 Å². The van der Waals surface area contributed by atoms with Crippen LogP contribution < -0.4 is 11.4 Å². The van der Waals surface area contributed by atoms with Gasteiger partial charge in [-0.25, -0.2) is 23.1 Å². The first-order chi connectivity index (χ1) is 14.0. The lowest BCUT2D eigenvalue weighted by Gasteiger charge is -2.03. The Morgan fingerprint density at radius 3 is 2.79 bits per heavy atom. The molecule has 152 valence electrons. The predicted octanol–water partition coefficient (Wildman–Crippen LogP) is 2.56. The Morgan fingerprint density at radius 1 is 1.34 bits per heavy atom. The maximum atomic E-state index is 14.2. The van der Waals surface area contributed by atoms with Gasteiger partial charge in [-0.3, -0.25) is 4.57 Å². The molecule has 0 saturated carbocycles. The van der Waals surface area contributed by atoms with E-state index in [4.69, 9.17) is 5.73 Å². The zero-order chi connectivity index (χ0) is 21.0. The van der Waals surface area contributed by atoms with Gasteiger partial charge in [0.25, 0.3) is 0 Å². The summed E-state index contributed by atoms with van der Waals surface area (Å²) in [5.41, 5.74) is 5.75. The molecule has 0 aliphatic rings. The molecule has 2 heterocycles. The molecule has 3 rings (SSSR count). The lowest BCUT2D eigenvalue weighted by atomic mass is 10.1. The van der Waals surface area contributed by atoms with E-state index in [2.05, 4.69) is 9.84 Å². The van der Waals surface area contributed by atoms with Crippen molar-refractivity contribution in [2.24, 2.45) is 5.73 Å². The summed E-state index contributed by atoms with van der Waals surface area (Å²) in [5, 5.41) is 3.97. The molecule has 2 aromatic heterocycles. The normalized spacial score (nSPS) is 11.7. The summed E-state index contributed by atoms with van der Waals surface area (Å²) in [4.78, 5) is 25.5. The van der Waals surface area contributed by atoms with Gasteiger partial charge in [-0.2, -0.15) is 5.10 Å². The maximum Gasteiger partial charge on any atom is 0.346 e. The molecule has 29 heavy (non-hydrogen) atoms. The minimum absolute atomic E-state index is 0.00455. The Bertz CT molecular complexity index is 1120. The number of nitrogens with zero attached hydrogens (tertiary/aromatic N) is 3. The molecule has 0 amide bonds. The van der Waals surface area contributed by atoms with Gasteiger partial charge in [0.15, 0.2) is 0 Å². The van der Waals surface area contributed by atoms with Crippen molar-refractivity contribution in [1.82, 2.24) is 14.3 Å². The van der Waals surface area contributed by atoms with Crippen LogP contribution >= 0.6 is 11.3 Å². The monoisotopic (exact) mass is 420 g/mol. The molecule has 3 aromatic rings. The summed E-state index contributed by atoms with van der Waals surface area (Å²) < 4.78 is 33.9. The topological polar surface area (TPSA) is 92.1 Å². The largest absolute Gasteiger partial charge is 0.465 e. The molecule has 0 aliphatic carbocycles. The van der Waals surface area contributed by atoms with E-state index in [0.29, 0.717) is 11.9 Å². The summed E-state index contributed by atoms with van der Waals surface area (Å²) in [6, 6.07) is 7.90. The predicted molar refractivity (Wildman–Crippen MR) is 105 cm³/mol. The van der Waals surface area contributed by atoms with Crippen molar-refractivity contribution in [3.05, 3.63) is 75.3 Å². The number of hydrogen-bond acceptors (Lipinski definition) is 6. The van der Waals surface area contributed by atoms with Gasteiger partial charge in [0.05, 0.1) is 32.1 Å². The van der Waals surface area contributed by atoms with E-state index in [0.717, 1.165) is 14.4 Å². The second-order valence-corrected chi connectivity index (χ2v) is 7.29. The third-order valence-corrected chi connectivity index (χ3v) is 5.33. The zero-order valence-corrected chi connectivity index (χ0v) is 16.3. The standard InChI is InChI=1S/C19H18F2N4O3S/c1-28-18(26)15-4-2-13(6-16(15)21)17-5-3-14(29-17)10-24-11-23-25(19(24)27)9-12(7-20)8-22/h2-7,11H,8-10,22H2,1H3. The summed E-state index contributed by atoms with van der Waals surface area (Å²) in [5.74, 6) is -1.41. The number of nitrogens with two attached hydrogens (primary N) is 1. The zero-order valence-electron chi connectivity index (χ0n) is 15.5. The number of esters is 1. The first-order valence-corrected chi connectivity index (χ1v) is 9.35. The van der Waals surface area contributed by atoms with E-state index in [1.54, 1.807) is 12.1 Å². The fraction of sp³-hybridized carbons (Fsp3) is 0.211. The maximum absolute atomic E-state index is 14.2.